The Labute approximate surface area is 169 Å². The molecule has 28 heavy (non-hydrogen) atoms. The minimum atomic E-state index is -0.781. The van der Waals surface area contributed by atoms with Crippen molar-refractivity contribution in [3.05, 3.63) is 57.1 Å². The van der Waals surface area contributed by atoms with Gasteiger partial charge in [-0.05, 0) is 30.0 Å². The largest absolute Gasteiger partial charge is 0.462 e. The monoisotopic (exact) mass is 406 g/mol. The van der Waals surface area contributed by atoms with Gasteiger partial charge in [0.25, 0.3) is 0 Å². The Balaban J connectivity index is 2.62. The van der Waals surface area contributed by atoms with Gasteiger partial charge >= 0.3 is 5.97 Å². The lowest BCUT2D eigenvalue weighted by atomic mass is 9.80. The van der Waals surface area contributed by atoms with Crippen LogP contribution in [0.3, 0.4) is 0 Å². The van der Waals surface area contributed by atoms with Gasteiger partial charge in [0, 0.05) is 17.8 Å². The van der Waals surface area contributed by atoms with Crippen LogP contribution in [0.15, 0.2) is 40.7 Å². The molecule has 7 heteroatoms. The van der Waals surface area contributed by atoms with E-state index in [9.17, 15) is 14.4 Å². The second-order valence-corrected chi connectivity index (χ2v) is 8.24. The summed E-state index contributed by atoms with van der Waals surface area (Å²) >= 11 is 6.28. The van der Waals surface area contributed by atoms with Gasteiger partial charge in [0.15, 0.2) is 0 Å². The number of nitrogens with one attached hydrogen (secondary N) is 1. The first-order valence-corrected chi connectivity index (χ1v) is 9.18. The van der Waals surface area contributed by atoms with Crippen LogP contribution in [0.25, 0.3) is 0 Å². The van der Waals surface area contributed by atoms with Crippen LogP contribution in [0.5, 0.6) is 0 Å². The minimum Gasteiger partial charge on any atom is -0.462 e. The number of methoxy groups -OCH3 is 1. The molecule has 1 aliphatic rings. The summed E-state index contributed by atoms with van der Waals surface area (Å²) in [7, 11) is 1.51. The lowest BCUT2D eigenvalue weighted by Crippen LogP contribution is -2.32. The molecule has 0 radical (unpaired) electrons. The molecule has 0 amide bonds. The smallest absolute Gasteiger partial charge is 0.336 e. The lowest BCUT2D eigenvalue weighted by molar-refractivity contribution is -0.142. The van der Waals surface area contributed by atoms with E-state index in [4.69, 9.17) is 21.1 Å². The number of nitrogens with zero attached hydrogens (tertiary/aromatic N) is 1. The highest BCUT2D eigenvalue weighted by molar-refractivity contribution is 6.31. The molecule has 0 saturated carbocycles. The maximum Gasteiger partial charge on any atom is 0.336 e. The van der Waals surface area contributed by atoms with E-state index < -0.39 is 17.7 Å². The van der Waals surface area contributed by atoms with Crippen molar-refractivity contribution in [2.24, 2.45) is 5.41 Å². The summed E-state index contributed by atoms with van der Waals surface area (Å²) in [5.74, 6) is -1.85. The van der Waals surface area contributed by atoms with Gasteiger partial charge in [-0.3, -0.25) is 0 Å². The van der Waals surface area contributed by atoms with Crippen molar-refractivity contribution in [1.82, 2.24) is 5.32 Å². The van der Waals surface area contributed by atoms with Gasteiger partial charge in [0.2, 0.25) is 0 Å². The molecule has 1 aliphatic heterocycles. The standard InChI is InChI=1S/C21H24ClFN2O3/c1-12-15(9-24)18(14-7-6-13(23)8-16(14)22)19(17(25-12)10-27-5)20(26)28-11-21(2,3)4/h6-8,18,25H,10-11H2,1-5H3. The Hall–Kier alpha value is -2.36. The second-order valence-electron chi connectivity index (χ2n) is 7.84. The van der Waals surface area contributed by atoms with Crippen molar-refractivity contribution in [2.75, 3.05) is 20.3 Å². The third kappa shape index (κ3) is 4.92. The number of dihydropyridines is 1. The maximum absolute atomic E-state index is 13.6. The number of carbonyl (C=O) groups excluding carboxylic acids is 1. The molecule has 1 heterocycles. The van der Waals surface area contributed by atoms with E-state index >= 15 is 0 Å². The molecule has 1 aromatic rings. The van der Waals surface area contributed by atoms with Gasteiger partial charge < -0.3 is 14.8 Å². The summed E-state index contributed by atoms with van der Waals surface area (Å²) in [6, 6.07) is 6.05. The van der Waals surface area contributed by atoms with Crippen LogP contribution < -0.4 is 5.32 Å². The SMILES string of the molecule is COCC1=C(C(=O)OCC(C)(C)C)C(c2ccc(F)cc2Cl)C(C#N)=C(C)N1. The van der Waals surface area contributed by atoms with Crippen LogP contribution in [-0.2, 0) is 14.3 Å². The van der Waals surface area contributed by atoms with Gasteiger partial charge in [0.05, 0.1) is 42.0 Å². The Kier molecular flexibility index (Phi) is 6.87. The van der Waals surface area contributed by atoms with Gasteiger partial charge in [-0.1, -0.05) is 38.4 Å². The van der Waals surface area contributed by atoms with E-state index in [1.54, 1.807) is 6.92 Å². The number of esters is 1. The summed E-state index contributed by atoms with van der Waals surface area (Å²) in [6.45, 7) is 7.89. The molecule has 1 atom stereocenters. The summed E-state index contributed by atoms with van der Waals surface area (Å²) in [5.41, 5.74) is 1.84. The fraction of sp³-hybridized carbons (Fsp3) is 0.429. The van der Waals surface area contributed by atoms with Crippen molar-refractivity contribution >= 4 is 17.6 Å². The van der Waals surface area contributed by atoms with Crippen molar-refractivity contribution in [2.45, 2.75) is 33.6 Å². The zero-order valence-corrected chi connectivity index (χ0v) is 17.4. The predicted molar refractivity (Wildman–Crippen MR) is 105 cm³/mol. The third-order valence-electron chi connectivity index (χ3n) is 4.18. The maximum atomic E-state index is 13.6. The van der Waals surface area contributed by atoms with E-state index in [0.29, 0.717) is 22.5 Å². The molecule has 1 N–H and O–H groups in total. The molecule has 0 saturated heterocycles. The molecule has 0 aliphatic carbocycles. The van der Waals surface area contributed by atoms with Gasteiger partial charge in [-0.15, -0.1) is 0 Å². The normalized spacial score (nSPS) is 17.3. The molecular weight excluding hydrogens is 383 g/mol. The van der Waals surface area contributed by atoms with Crippen LogP contribution in [0.1, 0.15) is 39.2 Å². The number of carbonyl (C=O) groups is 1. The Morgan fingerprint density at radius 1 is 1.39 bits per heavy atom. The topological polar surface area (TPSA) is 71.3 Å². The van der Waals surface area contributed by atoms with E-state index in [1.165, 1.54) is 19.2 Å². The number of rotatable bonds is 5. The molecule has 5 nitrogen and oxygen atoms in total. The molecule has 2 rings (SSSR count). The molecular formula is C21H24ClFN2O3. The van der Waals surface area contributed by atoms with Crippen LogP contribution in [0.4, 0.5) is 4.39 Å². The van der Waals surface area contributed by atoms with E-state index in [-0.39, 0.29) is 29.2 Å². The quantitative estimate of drug-likeness (QED) is 0.731. The number of halogens is 2. The molecule has 0 fully saturated rings. The zero-order chi connectivity index (χ0) is 21.1. The van der Waals surface area contributed by atoms with Crippen LogP contribution in [0, 0.1) is 22.6 Å². The molecule has 1 unspecified atom stereocenters. The van der Waals surface area contributed by atoms with Crippen LogP contribution in [-0.4, -0.2) is 26.3 Å². The number of allylic oxidation sites excluding steroid dienone is 2. The first-order chi connectivity index (χ1) is 13.1. The summed E-state index contributed by atoms with van der Waals surface area (Å²) in [4.78, 5) is 13.0. The molecule has 0 aromatic heterocycles. The van der Waals surface area contributed by atoms with E-state index in [2.05, 4.69) is 11.4 Å². The minimum absolute atomic E-state index is 0.116. The van der Waals surface area contributed by atoms with Crippen LogP contribution in [0.2, 0.25) is 5.02 Å². The predicted octanol–water partition coefficient (Wildman–Crippen LogP) is 4.45. The Morgan fingerprint density at radius 2 is 2.07 bits per heavy atom. The molecule has 150 valence electrons. The van der Waals surface area contributed by atoms with Gasteiger partial charge in [0.1, 0.15) is 5.82 Å². The van der Waals surface area contributed by atoms with Crippen molar-refractivity contribution in [3.63, 3.8) is 0 Å². The molecule has 0 spiro atoms. The molecule has 1 aromatic carbocycles. The number of nitriles is 1. The summed E-state index contributed by atoms with van der Waals surface area (Å²) in [6.07, 6.45) is 0. The average molecular weight is 407 g/mol. The summed E-state index contributed by atoms with van der Waals surface area (Å²) < 4.78 is 24.3. The average Bonchev–Trinajstić information content (AvgIpc) is 2.59. The van der Waals surface area contributed by atoms with Crippen molar-refractivity contribution < 1.29 is 18.7 Å². The highest BCUT2D eigenvalue weighted by atomic mass is 35.5. The van der Waals surface area contributed by atoms with Gasteiger partial charge in [-0.2, -0.15) is 5.26 Å². The summed E-state index contributed by atoms with van der Waals surface area (Å²) in [5, 5.41) is 12.9. The second kappa shape index (κ2) is 8.76. The van der Waals surface area contributed by atoms with Crippen molar-refractivity contribution in [1.29, 1.82) is 5.26 Å². The fourth-order valence-corrected chi connectivity index (χ4v) is 3.23. The zero-order valence-electron chi connectivity index (χ0n) is 16.7. The number of ether oxygens (including phenoxy) is 2. The number of hydrogen-bond acceptors (Lipinski definition) is 5. The number of benzene rings is 1. The highest BCUT2D eigenvalue weighted by Gasteiger charge is 2.37. The van der Waals surface area contributed by atoms with E-state index in [1.807, 2.05) is 20.8 Å². The number of hydrogen-bond donors (Lipinski definition) is 1. The van der Waals surface area contributed by atoms with Crippen molar-refractivity contribution in [3.8, 4) is 6.07 Å². The van der Waals surface area contributed by atoms with E-state index in [0.717, 1.165) is 6.07 Å². The Morgan fingerprint density at radius 3 is 2.61 bits per heavy atom. The Bertz CT molecular complexity index is 879. The highest BCUT2D eigenvalue weighted by Crippen LogP contribution is 2.41. The lowest BCUT2D eigenvalue weighted by Gasteiger charge is -2.30. The fourth-order valence-electron chi connectivity index (χ4n) is 2.95. The van der Waals surface area contributed by atoms with Crippen LogP contribution >= 0.6 is 11.6 Å². The first-order valence-electron chi connectivity index (χ1n) is 8.81. The third-order valence-corrected chi connectivity index (χ3v) is 4.51. The first kappa shape index (κ1) is 21.9. The molecule has 0 bridgehead atoms. The van der Waals surface area contributed by atoms with Gasteiger partial charge in [-0.25, -0.2) is 9.18 Å².